The minimum absolute atomic E-state index is 0.139. The van der Waals surface area contributed by atoms with Crippen LogP contribution >= 0.6 is 0 Å². The van der Waals surface area contributed by atoms with E-state index in [0.29, 0.717) is 0 Å². The number of rotatable bonds is 7. The van der Waals surface area contributed by atoms with Crippen molar-refractivity contribution >= 4 is 22.6 Å². The van der Waals surface area contributed by atoms with E-state index in [4.69, 9.17) is 8.85 Å². The molecule has 0 aromatic rings. The van der Waals surface area contributed by atoms with Crippen molar-refractivity contribution in [3.05, 3.63) is 24.9 Å². The van der Waals surface area contributed by atoms with Crippen molar-refractivity contribution in [3.8, 4) is 0 Å². The van der Waals surface area contributed by atoms with Crippen LogP contribution in [0.5, 0.6) is 0 Å². The lowest BCUT2D eigenvalue weighted by Crippen LogP contribution is -2.53. The maximum absolute atomic E-state index is 11.3. The van der Waals surface area contributed by atoms with Crippen LogP contribution < -0.4 is 0 Å². The predicted molar refractivity (Wildman–Crippen MR) is 76.6 cm³/mol. The summed E-state index contributed by atoms with van der Waals surface area (Å²) in [6.45, 7) is 17.6. The van der Waals surface area contributed by atoms with Gasteiger partial charge < -0.3 is 8.85 Å². The van der Waals surface area contributed by atoms with Crippen LogP contribution in [-0.2, 0) is 13.6 Å². The smallest absolute Gasteiger partial charge is 0.330 e. The van der Waals surface area contributed by atoms with E-state index >= 15 is 0 Å². The Bertz CT molecular complexity index is 298. The lowest BCUT2D eigenvalue weighted by Gasteiger charge is -2.36. The van der Waals surface area contributed by atoms with Gasteiger partial charge in [-0.15, -0.1) is 6.58 Å². The van der Waals surface area contributed by atoms with E-state index in [1.165, 1.54) is 6.08 Å². The Labute approximate surface area is 107 Å². The summed E-state index contributed by atoms with van der Waals surface area (Å²) < 4.78 is 11.6. The Morgan fingerprint density at radius 1 is 1.29 bits per heavy atom. The fourth-order valence-electron chi connectivity index (χ4n) is 1.69. The number of esters is 1. The van der Waals surface area contributed by atoms with E-state index in [2.05, 4.69) is 39.3 Å². The van der Waals surface area contributed by atoms with E-state index < -0.39 is 16.6 Å². The van der Waals surface area contributed by atoms with Gasteiger partial charge in [0.1, 0.15) is 5.73 Å². The molecule has 0 aliphatic heterocycles. The molecule has 0 aromatic heterocycles. The van der Waals surface area contributed by atoms with Gasteiger partial charge in [0.15, 0.2) is 8.32 Å². The lowest BCUT2D eigenvalue weighted by molar-refractivity contribution is -0.140. The molecule has 0 saturated carbocycles. The zero-order valence-electron chi connectivity index (χ0n) is 11.6. The average Bonchev–Trinajstić information content (AvgIpc) is 2.23. The normalized spacial score (nSPS) is 13.9. The third-order valence-electron chi connectivity index (χ3n) is 2.59. The van der Waals surface area contributed by atoms with Gasteiger partial charge in [-0.2, -0.15) is 0 Å². The van der Waals surface area contributed by atoms with Crippen LogP contribution in [-0.4, -0.2) is 28.3 Å². The average molecular weight is 272 g/mol. The van der Waals surface area contributed by atoms with Crippen molar-refractivity contribution in [3.63, 3.8) is 0 Å². The number of ether oxygens (including phenoxy) is 1. The Morgan fingerprint density at radius 2 is 1.82 bits per heavy atom. The van der Waals surface area contributed by atoms with E-state index in [9.17, 15) is 4.79 Å². The molecule has 0 saturated heterocycles. The maximum atomic E-state index is 11.3. The topological polar surface area (TPSA) is 35.5 Å². The summed E-state index contributed by atoms with van der Waals surface area (Å²) in [5.41, 5.74) is 1.77. The highest BCUT2D eigenvalue weighted by molar-refractivity contribution is 6.87. The van der Waals surface area contributed by atoms with Gasteiger partial charge in [-0.3, -0.25) is 0 Å². The van der Waals surface area contributed by atoms with Crippen LogP contribution in [0.1, 0.15) is 13.3 Å². The summed E-state index contributed by atoms with van der Waals surface area (Å²) in [5.74, 6) is -0.376. The summed E-state index contributed by atoms with van der Waals surface area (Å²) in [4.78, 5) is 11.3. The fourth-order valence-corrected chi connectivity index (χ4v) is 9.36. The molecule has 98 valence electrons. The van der Waals surface area contributed by atoms with Gasteiger partial charge in [0, 0.05) is 6.08 Å². The Hall–Kier alpha value is -0.656. The van der Waals surface area contributed by atoms with Gasteiger partial charge in [-0.05, 0) is 32.6 Å². The number of hydrogen-bond acceptors (Lipinski definition) is 3. The van der Waals surface area contributed by atoms with Crippen molar-refractivity contribution in [1.82, 2.24) is 0 Å². The highest BCUT2D eigenvalue weighted by atomic mass is 28.4. The summed E-state index contributed by atoms with van der Waals surface area (Å²) in [5, 5.41) is 0. The molecule has 0 aliphatic rings. The SMILES string of the molecule is C=CC(=O)OC(CC)[Si](C)(C)O[Si](C)(C)C=C. The van der Waals surface area contributed by atoms with Gasteiger partial charge >= 0.3 is 5.97 Å². The molecule has 1 unspecified atom stereocenters. The van der Waals surface area contributed by atoms with E-state index in [1.54, 1.807) is 0 Å². The molecule has 1 atom stereocenters. The first-order valence-corrected chi connectivity index (χ1v) is 11.8. The molecule has 0 fully saturated rings. The molecule has 0 bridgehead atoms. The fraction of sp³-hybridized carbons (Fsp3) is 0.583. The summed E-state index contributed by atoms with van der Waals surface area (Å²) in [6.07, 6.45) is 1.96. The molecule has 0 amide bonds. The second kappa shape index (κ2) is 6.32. The first-order valence-electron chi connectivity index (χ1n) is 5.85. The molecule has 0 spiro atoms. The van der Waals surface area contributed by atoms with Gasteiger partial charge in [-0.1, -0.05) is 19.2 Å². The lowest BCUT2D eigenvalue weighted by atomic mass is 10.5. The van der Waals surface area contributed by atoms with E-state index in [-0.39, 0.29) is 11.7 Å². The molecular weight excluding hydrogens is 248 g/mol. The third kappa shape index (κ3) is 5.47. The molecule has 5 heteroatoms. The summed E-state index contributed by atoms with van der Waals surface area (Å²) in [6, 6.07) is 0. The minimum atomic E-state index is -2.07. The minimum Gasteiger partial charge on any atom is -0.460 e. The van der Waals surface area contributed by atoms with Crippen LogP contribution in [0.15, 0.2) is 24.9 Å². The monoisotopic (exact) mass is 272 g/mol. The summed E-state index contributed by atoms with van der Waals surface area (Å²) in [7, 11) is -3.91. The first kappa shape index (κ1) is 16.3. The van der Waals surface area contributed by atoms with E-state index in [1.807, 2.05) is 12.6 Å². The Kier molecular flexibility index (Phi) is 6.08. The second-order valence-corrected chi connectivity index (χ2v) is 13.3. The van der Waals surface area contributed by atoms with Crippen LogP contribution in [0.3, 0.4) is 0 Å². The number of carbonyl (C=O) groups is 1. The summed E-state index contributed by atoms with van der Waals surface area (Å²) >= 11 is 0. The largest absolute Gasteiger partial charge is 0.460 e. The highest BCUT2D eigenvalue weighted by Crippen LogP contribution is 2.22. The molecule has 0 radical (unpaired) electrons. The molecular formula is C12H24O3Si2. The van der Waals surface area contributed by atoms with Crippen LogP contribution in [0, 0.1) is 0 Å². The first-order chi connectivity index (χ1) is 7.68. The molecule has 0 heterocycles. The molecule has 3 nitrogen and oxygen atoms in total. The van der Waals surface area contributed by atoms with Gasteiger partial charge in [0.05, 0.1) is 0 Å². The maximum Gasteiger partial charge on any atom is 0.330 e. The van der Waals surface area contributed by atoms with Crippen molar-refractivity contribution < 1.29 is 13.6 Å². The quantitative estimate of drug-likeness (QED) is 0.406. The predicted octanol–water partition coefficient (Wildman–Crippen LogP) is 3.19. The number of carbonyl (C=O) groups excluding carboxylic acids is 1. The molecule has 0 aliphatic carbocycles. The number of hydrogen-bond donors (Lipinski definition) is 0. The molecule has 17 heavy (non-hydrogen) atoms. The zero-order chi connectivity index (χ0) is 13.7. The van der Waals surface area contributed by atoms with Gasteiger partial charge in [-0.25, -0.2) is 4.79 Å². The van der Waals surface area contributed by atoms with Gasteiger partial charge in [0.2, 0.25) is 8.32 Å². The van der Waals surface area contributed by atoms with Crippen LogP contribution in [0.25, 0.3) is 0 Å². The molecule has 0 aromatic carbocycles. The van der Waals surface area contributed by atoms with Crippen LogP contribution in [0.2, 0.25) is 26.2 Å². The van der Waals surface area contributed by atoms with Crippen LogP contribution in [0.4, 0.5) is 0 Å². The standard InChI is InChI=1S/C12H24O3Si2/c1-8-11(13)14-12(9-2)17(6,7)15-16(4,5)10-3/h8,10,12H,1,3,9H2,2,4-7H3. The molecule has 0 N–H and O–H groups in total. The zero-order valence-corrected chi connectivity index (χ0v) is 13.6. The Morgan fingerprint density at radius 3 is 2.18 bits per heavy atom. The van der Waals surface area contributed by atoms with Gasteiger partial charge in [0.25, 0.3) is 0 Å². The third-order valence-corrected chi connectivity index (χ3v) is 9.86. The van der Waals surface area contributed by atoms with Crippen molar-refractivity contribution in [2.75, 3.05) is 0 Å². The van der Waals surface area contributed by atoms with E-state index in [0.717, 1.165) is 6.42 Å². The second-order valence-electron chi connectivity index (χ2n) is 5.05. The highest BCUT2D eigenvalue weighted by Gasteiger charge is 2.39. The van der Waals surface area contributed by atoms with Crippen molar-refractivity contribution in [2.45, 2.75) is 45.3 Å². The van der Waals surface area contributed by atoms with Crippen molar-refractivity contribution in [2.24, 2.45) is 0 Å². The van der Waals surface area contributed by atoms with Crippen molar-refractivity contribution in [1.29, 1.82) is 0 Å². The Balaban J connectivity index is 4.79. The molecule has 0 rings (SSSR count).